The summed E-state index contributed by atoms with van der Waals surface area (Å²) in [6, 6.07) is 5.21. The first-order chi connectivity index (χ1) is 6.67. The first kappa shape index (κ1) is 10.4. The lowest BCUT2D eigenvalue weighted by Gasteiger charge is -2.06. The molecule has 1 aromatic rings. The van der Waals surface area contributed by atoms with Gasteiger partial charge in [0.2, 0.25) is 0 Å². The monoisotopic (exact) mass is 195 g/mol. The Kier molecular flexibility index (Phi) is 3.34. The molecular weight excluding hydrogens is 182 g/mol. The van der Waals surface area contributed by atoms with Gasteiger partial charge in [-0.1, -0.05) is 6.07 Å². The Morgan fingerprint density at radius 2 is 2.14 bits per heavy atom. The fourth-order valence-electron chi connectivity index (χ4n) is 1.10. The van der Waals surface area contributed by atoms with Crippen LogP contribution >= 0.6 is 0 Å². The quantitative estimate of drug-likeness (QED) is 0.577. The summed E-state index contributed by atoms with van der Waals surface area (Å²) in [4.78, 5) is 11.0. The Labute approximate surface area is 82.6 Å². The lowest BCUT2D eigenvalue weighted by Crippen LogP contribution is -2.05. The fraction of sp³-hybridized carbons (Fsp3) is 0.300. The molecule has 0 fully saturated rings. The largest absolute Gasteiger partial charge is 0.495 e. The van der Waals surface area contributed by atoms with Gasteiger partial charge in [0, 0.05) is 0 Å². The molecule has 0 aromatic heterocycles. The van der Waals surface area contributed by atoms with Gasteiger partial charge in [0.05, 0.1) is 26.3 Å². The van der Waals surface area contributed by atoms with Crippen molar-refractivity contribution in [3.05, 3.63) is 23.8 Å². The van der Waals surface area contributed by atoms with Crippen LogP contribution in [0.5, 0.6) is 5.75 Å². The molecule has 2 N–H and O–H groups in total. The summed E-state index contributed by atoms with van der Waals surface area (Å²) in [5.74, 6) is 0.295. The molecule has 0 aliphatic rings. The van der Waals surface area contributed by atoms with Crippen LogP contribution in [0.25, 0.3) is 0 Å². The molecule has 0 aliphatic heterocycles. The number of carbonyl (C=O) groups excluding carboxylic acids is 1. The van der Waals surface area contributed by atoms with Crippen LogP contribution in [-0.4, -0.2) is 20.2 Å². The Hall–Kier alpha value is -1.71. The minimum atomic E-state index is -0.281. The first-order valence-corrected chi connectivity index (χ1v) is 4.16. The number of hydrogen-bond donors (Lipinski definition) is 1. The van der Waals surface area contributed by atoms with Gasteiger partial charge in [0.1, 0.15) is 5.75 Å². The lowest BCUT2D eigenvalue weighted by molar-refractivity contribution is -0.139. The summed E-state index contributed by atoms with van der Waals surface area (Å²) in [7, 11) is 2.89. The summed E-state index contributed by atoms with van der Waals surface area (Å²) in [6.45, 7) is 0. The van der Waals surface area contributed by atoms with Crippen molar-refractivity contribution >= 4 is 11.7 Å². The van der Waals surface area contributed by atoms with E-state index in [0.29, 0.717) is 11.4 Å². The molecule has 4 nitrogen and oxygen atoms in total. The molecule has 14 heavy (non-hydrogen) atoms. The third kappa shape index (κ3) is 2.39. The predicted molar refractivity (Wildman–Crippen MR) is 53.1 cm³/mol. The van der Waals surface area contributed by atoms with Gasteiger partial charge in [-0.2, -0.15) is 0 Å². The van der Waals surface area contributed by atoms with E-state index in [1.54, 1.807) is 18.2 Å². The predicted octanol–water partition coefficient (Wildman–Crippen LogP) is 0.993. The van der Waals surface area contributed by atoms with Crippen LogP contribution in [-0.2, 0) is 16.0 Å². The molecule has 0 unspecified atom stereocenters. The fourth-order valence-corrected chi connectivity index (χ4v) is 1.10. The average Bonchev–Trinajstić information content (AvgIpc) is 2.20. The minimum Gasteiger partial charge on any atom is -0.495 e. The Morgan fingerprint density at radius 1 is 1.43 bits per heavy atom. The van der Waals surface area contributed by atoms with Crippen molar-refractivity contribution in [2.45, 2.75) is 6.42 Å². The zero-order chi connectivity index (χ0) is 10.6. The maximum Gasteiger partial charge on any atom is 0.309 e. The number of benzene rings is 1. The average molecular weight is 195 g/mol. The second-order valence-electron chi connectivity index (χ2n) is 2.83. The number of rotatable bonds is 3. The van der Waals surface area contributed by atoms with Crippen molar-refractivity contribution in [2.24, 2.45) is 0 Å². The zero-order valence-corrected chi connectivity index (χ0v) is 8.24. The van der Waals surface area contributed by atoms with Crippen LogP contribution in [0.15, 0.2) is 18.2 Å². The third-order valence-electron chi connectivity index (χ3n) is 1.87. The summed E-state index contributed by atoms with van der Waals surface area (Å²) >= 11 is 0. The van der Waals surface area contributed by atoms with E-state index >= 15 is 0 Å². The molecule has 0 amide bonds. The molecule has 0 atom stereocenters. The highest BCUT2D eigenvalue weighted by Gasteiger charge is 2.05. The molecule has 1 aromatic carbocycles. The van der Waals surface area contributed by atoms with Gasteiger partial charge in [0.15, 0.2) is 0 Å². The van der Waals surface area contributed by atoms with Gasteiger partial charge in [-0.25, -0.2) is 0 Å². The van der Waals surface area contributed by atoms with Gasteiger partial charge >= 0.3 is 5.97 Å². The topological polar surface area (TPSA) is 61.5 Å². The molecule has 0 radical (unpaired) electrons. The van der Waals surface area contributed by atoms with Crippen LogP contribution in [0.1, 0.15) is 5.56 Å². The van der Waals surface area contributed by atoms with Gasteiger partial charge < -0.3 is 15.2 Å². The van der Waals surface area contributed by atoms with E-state index in [-0.39, 0.29) is 12.4 Å². The molecule has 0 saturated heterocycles. The second-order valence-corrected chi connectivity index (χ2v) is 2.83. The SMILES string of the molecule is COC(=O)Cc1ccc(N)c(OC)c1. The van der Waals surface area contributed by atoms with E-state index in [2.05, 4.69) is 4.74 Å². The molecule has 76 valence electrons. The summed E-state index contributed by atoms with van der Waals surface area (Å²) in [6.07, 6.45) is 0.229. The number of carbonyl (C=O) groups is 1. The Morgan fingerprint density at radius 3 is 2.71 bits per heavy atom. The van der Waals surface area contributed by atoms with Crippen LogP contribution in [0.2, 0.25) is 0 Å². The lowest BCUT2D eigenvalue weighted by atomic mass is 10.1. The highest BCUT2D eigenvalue weighted by atomic mass is 16.5. The van der Waals surface area contributed by atoms with Crippen LogP contribution in [0.3, 0.4) is 0 Å². The highest BCUT2D eigenvalue weighted by molar-refractivity contribution is 5.73. The van der Waals surface area contributed by atoms with E-state index in [4.69, 9.17) is 10.5 Å². The summed E-state index contributed by atoms with van der Waals surface area (Å²) < 4.78 is 9.57. The Bertz CT molecular complexity index is 336. The van der Waals surface area contributed by atoms with Crippen LogP contribution in [0.4, 0.5) is 5.69 Å². The molecule has 0 saturated carbocycles. The molecule has 4 heteroatoms. The molecule has 0 spiro atoms. The summed E-state index contributed by atoms with van der Waals surface area (Å²) in [5, 5.41) is 0. The van der Waals surface area contributed by atoms with Crippen molar-refractivity contribution in [2.75, 3.05) is 20.0 Å². The van der Waals surface area contributed by atoms with Crippen molar-refractivity contribution in [1.29, 1.82) is 0 Å². The maximum absolute atomic E-state index is 11.0. The standard InChI is InChI=1S/C10H13NO3/c1-13-9-5-7(3-4-8(9)11)6-10(12)14-2/h3-5H,6,11H2,1-2H3. The normalized spacial score (nSPS) is 9.57. The van der Waals surface area contributed by atoms with Gasteiger partial charge in [-0.15, -0.1) is 0 Å². The van der Waals surface area contributed by atoms with Crippen LogP contribution in [0, 0.1) is 0 Å². The third-order valence-corrected chi connectivity index (χ3v) is 1.87. The number of esters is 1. The van der Waals surface area contributed by atoms with Gasteiger partial charge in [-0.05, 0) is 17.7 Å². The van der Waals surface area contributed by atoms with Crippen molar-refractivity contribution in [1.82, 2.24) is 0 Å². The molecule has 0 bridgehead atoms. The maximum atomic E-state index is 11.0. The molecule has 1 rings (SSSR count). The number of nitrogen functional groups attached to an aromatic ring is 1. The minimum absolute atomic E-state index is 0.229. The van der Waals surface area contributed by atoms with E-state index in [9.17, 15) is 4.79 Å². The Balaban J connectivity index is 2.84. The van der Waals surface area contributed by atoms with E-state index in [0.717, 1.165) is 5.56 Å². The van der Waals surface area contributed by atoms with E-state index in [1.807, 2.05) is 0 Å². The van der Waals surface area contributed by atoms with Crippen LogP contribution < -0.4 is 10.5 Å². The van der Waals surface area contributed by atoms with Crippen molar-refractivity contribution in [3.8, 4) is 5.75 Å². The zero-order valence-electron chi connectivity index (χ0n) is 8.24. The first-order valence-electron chi connectivity index (χ1n) is 4.16. The van der Waals surface area contributed by atoms with E-state index in [1.165, 1.54) is 14.2 Å². The van der Waals surface area contributed by atoms with Gasteiger partial charge in [0.25, 0.3) is 0 Å². The second kappa shape index (κ2) is 4.50. The molecule has 0 heterocycles. The number of ether oxygens (including phenoxy) is 2. The number of hydrogen-bond acceptors (Lipinski definition) is 4. The highest BCUT2D eigenvalue weighted by Crippen LogP contribution is 2.22. The van der Waals surface area contributed by atoms with Crippen molar-refractivity contribution in [3.63, 3.8) is 0 Å². The molecular formula is C10H13NO3. The number of anilines is 1. The number of nitrogens with two attached hydrogens (primary N) is 1. The number of methoxy groups -OCH3 is 2. The smallest absolute Gasteiger partial charge is 0.309 e. The van der Waals surface area contributed by atoms with Gasteiger partial charge in [-0.3, -0.25) is 4.79 Å². The van der Waals surface area contributed by atoms with E-state index < -0.39 is 0 Å². The molecule has 0 aliphatic carbocycles. The summed E-state index contributed by atoms with van der Waals surface area (Å²) in [5.41, 5.74) is 7.00. The van der Waals surface area contributed by atoms with Crippen molar-refractivity contribution < 1.29 is 14.3 Å².